The van der Waals surface area contributed by atoms with Crippen LogP contribution in [-0.2, 0) is 16.6 Å². The second-order valence-corrected chi connectivity index (χ2v) is 6.02. The molecule has 0 bridgehead atoms. The number of hydrogen-bond acceptors (Lipinski definition) is 4. The molecule has 0 aliphatic heterocycles. The second-order valence-electron chi connectivity index (χ2n) is 4.09. The number of hydrogen-bond donors (Lipinski definition) is 1. The predicted molar refractivity (Wildman–Crippen MR) is 74.0 cm³/mol. The molecular weight excluding hydrogens is 264 g/mol. The van der Waals surface area contributed by atoms with Crippen molar-refractivity contribution in [1.29, 1.82) is 0 Å². The zero-order valence-electron chi connectivity index (χ0n) is 11.3. The predicted octanol–water partition coefficient (Wildman–Crippen LogP) is 0.136. The molecule has 7 heteroatoms. The summed E-state index contributed by atoms with van der Waals surface area (Å²) in [5.74, 6) is 2.38. The molecule has 1 aromatic rings. The number of rotatable bonds is 8. The van der Waals surface area contributed by atoms with Crippen molar-refractivity contribution in [3.05, 3.63) is 12.4 Å². The van der Waals surface area contributed by atoms with Crippen LogP contribution in [0, 0.1) is 12.3 Å². The van der Waals surface area contributed by atoms with Crippen LogP contribution in [0.1, 0.15) is 13.3 Å². The molecule has 0 amide bonds. The molecule has 1 aromatic heterocycles. The summed E-state index contributed by atoms with van der Waals surface area (Å²) >= 11 is 0. The molecule has 0 aromatic carbocycles. The van der Waals surface area contributed by atoms with Crippen molar-refractivity contribution in [2.24, 2.45) is 0 Å². The number of nitrogens with one attached hydrogen (secondary N) is 1. The van der Waals surface area contributed by atoms with Crippen molar-refractivity contribution in [1.82, 2.24) is 19.4 Å². The van der Waals surface area contributed by atoms with Crippen LogP contribution in [0.15, 0.2) is 17.3 Å². The van der Waals surface area contributed by atoms with E-state index in [-0.39, 0.29) is 11.4 Å². The van der Waals surface area contributed by atoms with E-state index >= 15 is 0 Å². The minimum atomic E-state index is -3.54. The summed E-state index contributed by atoms with van der Waals surface area (Å²) in [7, 11) is -1.71. The standard InChI is InChI=1S/C12H20N4O2S/c1-4-7-16(8-5-2)19(17,18)12-10-14-15(11-12)9-6-13-3/h1,10-11,13H,5-9H2,2-3H3. The molecule has 1 N–H and O–H groups in total. The lowest BCUT2D eigenvalue weighted by molar-refractivity contribution is 0.445. The number of nitrogens with zero attached hydrogens (tertiary/aromatic N) is 3. The summed E-state index contributed by atoms with van der Waals surface area (Å²) in [6.07, 6.45) is 8.84. The van der Waals surface area contributed by atoms with E-state index in [1.165, 1.54) is 16.7 Å². The first kappa shape index (κ1) is 15.7. The minimum absolute atomic E-state index is 0.0812. The van der Waals surface area contributed by atoms with E-state index in [1.54, 1.807) is 4.68 Å². The molecular formula is C12H20N4O2S. The molecule has 0 aliphatic rings. The van der Waals surface area contributed by atoms with Crippen LogP contribution in [-0.4, -0.2) is 49.2 Å². The molecule has 0 saturated heterocycles. The van der Waals surface area contributed by atoms with Crippen molar-refractivity contribution < 1.29 is 8.42 Å². The smallest absolute Gasteiger partial charge is 0.247 e. The van der Waals surface area contributed by atoms with Crippen LogP contribution in [0.25, 0.3) is 0 Å². The Morgan fingerprint density at radius 1 is 1.58 bits per heavy atom. The fourth-order valence-corrected chi connectivity index (χ4v) is 3.01. The highest BCUT2D eigenvalue weighted by Gasteiger charge is 2.24. The van der Waals surface area contributed by atoms with Crippen LogP contribution in [0.2, 0.25) is 0 Å². The van der Waals surface area contributed by atoms with E-state index in [9.17, 15) is 8.42 Å². The molecule has 0 unspecified atom stereocenters. The Kier molecular flexibility index (Phi) is 6.02. The maximum Gasteiger partial charge on any atom is 0.247 e. The Hall–Kier alpha value is -1.36. The summed E-state index contributed by atoms with van der Waals surface area (Å²) in [4.78, 5) is 0.187. The Balaban J connectivity index is 2.91. The highest BCUT2D eigenvalue weighted by Crippen LogP contribution is 2.14. The number of aromatic nitrogens is 2. The second kappa shape index (κ2) is 7.28. The largest absolute Gasteiger partial charge is 0.318 e. The maximum absolute atomic E-state index is 12.4. The van der Waals surface area contributed by atoms with E-state index in [0.717, 1.165) is 13.0 Å². The molecule has 0 aliphatic carbocycles. The fraction of sp³-hybridized carbons (Fsp3) is 0.583. The molecule has 0 fully saturated rings. The zero-order valence-corrected chi connectivity index (χ0v) is 12.2. The average molecular weight is 284 g/mol. The van der Waals surface area contributed by atoms with E-state index < -0.39 is 10.0 Å². The van der Waals surface area contributed by atoms with E-state index in [2.05, 4.69) is 16.3 Å². The van der Waals surface area contributed by atoms with Gasteiger partial charge in [0.25, 0.3) is 0 Å². The normalized spacial score (nSPS) is 11.7. The lowest BCUT2D eigenvalue weighted by atomic mass is 10.5. The third kappa shape index (κ3) is 4.06. The van der Waals surface area contributed by atoms with Crippen LogP contribution in [0.3, 0.4) is 0 Å². The van der Waals surface area contributed by atoms with Gasteiger partial charge in [-0.1, -0.05) is 12.8 Å². The number of terminal acetylenes is 1. The van der Waals surface area contributed by atoms with Crippen LogP contribution in [0.5, 0.6) is 0 Å². The Morgan fingerprint density at radius 2 is 2.32 bits per heavy atom. The van der Waals surface area contributed by atoms with E-state index in [0.29, 0.717) is 13.1 Å². The third-order valence-electron chi connectivity index (χ3n) is 2.58. The van der Waals surface area contributed by atoms with Crippen molar-refractivity contribution >= 4 is 10.0 Å². The molecule has 0 spiro atoms. The summed E-state index contributed by atoms with van der Waals surface area (Å²) < 4.78 is 27.6. The lowest BCUT2D eigenvalue weighted by Crippen LogP contribution is -2.32. The maximum atomic E-state index is 12.4. The van der Waals surface area contributed by atoms with Crippen molar-refractivity contribution in [2.75, 3.05) is 26.7 Å². The molecule has 19 heavy (non-hydrogen) atoms. The van der Waals surface area contributed by atoms with Gasteiger partial charge >= 0.3 is 0 Å². The van der Waals surface area contributed by atoms with Gasteiger partial charge in [0.2, 0.25) is 10.0 Å². The van der Waals surface area contributed by atoms with Gasteiger partial charge in [-0.15, -0.1) is 6.42 Å². The molecule has 0 saturated carbocycles. The zero-order chi connectivity index (χ0) is 14.3. The van der Waals surface area contributed by atoms with E-state index in [1.807, 2.05) is 14.0 Å². The highest BCUT2D eigenvalue weighted by molar-refractivity contribution is 7.89. The summed E-state index contributed by atoms with van der Waals surface area (Å²) in [5, 5.41) is 7.02. The average Bonchev–Trinajstić information content (AvgIpc) is 2.85. The van der Waals surface area contributed by atoms with Gasteiger partial charge in [0.15, 0.2) is 0 Å². The van der Waals surface area contributed by atoms with Crippen LogP contribution < -0.4 is 5.32 Å². The Labute approximate surface area is 114 Å². The molecule has 1 heterocycles. The van der Waals surface area contributed by atoms with Gasteiger partial charge in [-0.3, -0.25) is 4.68 Å². The first-order valence-corrected chi connectivity index (χ1v) is 7.61. The summed E-state index contributed by atoms with van der Waals surface area (Å²) in [6, 6.07) is 0. The highest BCUT2D eigenvalue weighted by atomic mass is 32.2. The Morgan fingerprint density at radius 3 is 2.89 bits per heavy atom. The molecule has 0 atom stereocenters. The molecule has 6 nitrogen and oxygen atoms in total. The number of likely N-dealkylation sites (N-methyl/N-ethyl adjacent to an activating group) is 1. The third-order valence-corrected chi connectivity index (χ3v) is 4.38. The van der Waals surface area contributed by atoms with Crippen molar-refractivity contribution in [2.45, 2.75) is 24.8 Å². The van der Waals surface area contributed by atoms with E-state index in [4.69, 9.17) is 6.42 Å². The Bertz CT molecular complexity index is 530. The van der Waals surface area contributed by atoms with Gasteiger partial charge < -0.3 is 5.32 Å². The summed E-state index contributed by atoms with van der Waals surface area (Å²) in [6.45, 7) is 3.75. The molecule has 106 valence electrons. The summed E-state index contributed by atoms with van der Waals surface area (Å²) in [5.41, 5.74) is 0. The molecule has 0 radical (unpaired) electrons. The fourth-order valence-electron chi connectivity index (χ4n) is 1.61. The molecule has 1 rings (SSSR count). The monoisotopic (exact) mass is 284 g/mol. The van der Waals surface area contributed by atoms with Crippen LogP contribution in [0.4, 0.5) is 0 Å². The van der Waals surface area contributed by atoms with Gasteiger partial charge in [0.05, 0.1) is 19.3 Å². The van der Waals surface area contributed by atoms with Crippen LogP contribution >= 0.6 is 0 Å². The van der Waals surface area contributed by atoms with Gasteiger partial charge in [-0.25, -0.2) is 8.42 Å². The van der Waals surface area contributed by atoms with Gasteiger partial charge in [0.1, 0.15) is 4.90 Å². The number of sulfonamides is 1. The minimum Gasteiger partial charge on any atom is -0.318 e. The lowest BCUT2D eigenvalue weighted by Gasteiger charge is -2.17. The van der Waals surface area contributed by atoms with Gasteiger partial charge in [-0.05, 0) is 13.5 Å². The first-order chi connectivity index (χ1) is 9.06. The SMILES string of the molecule is C#CCN(CCC)S(=O)(=O)c1cnn(CCNC)c1. The van der Waals surface area contributed by atoms with Gasteiger partial charge in [-0.2, -0.15) is 9.40 Å². The van der Waals surface area contributed by atoms with Crippen molar-refractivity contribution in [3.63, 3.8) is 0 Å². The topological polar surface area (TPSA) is 67.2 Å². The van der Waals surface area contributed by atoms with Gasteiger partial charge in [0, 0.05) is 19.3 Å². The quantitative estimate of drug-likeness (QED) is 0.689. The van der Waals surface area contributed by atoms with Crippen molar-refractivity contribution in [3.8, 4) is 12.3 Å². The first-order valence-electron chi connectivity index (χ1n) is 6.17.